The highest BCUT2D eigenvalue weighted by molar-refractivity contribution is 9.11. The lowest BCUT2D eigenvalue weighted by Crippen LogP contribution is -2.46. The van der Waals surface area contributed by atoms with Crippen LogP contribution in [0.2, 0.25) is 25.7 Å². The zero-order valence-electron chi connectivity index (χ0n) is 65.0. The van der Waals surface area contributed by atoms with Crippen molar-refractivity contribution in [1.82, 2.24) is 44.2 Å². The lowest BCUT2D eigenvalue weighted by atomic mass is 9.78. The number of nitrogens with one attached hydrogen (secondary N) is 2. The van der Waals surface area contributed by atoms with Gasteiger partial charge >= 0.3 is 18.3 Å². The summed E-state index contributed by atoms with van der Waals surface area (Å²) < 4.78 is 28.2. The Morgan fingerprint density at radius 2 is 1.01 bits per heavy atom. The van der Waals surface area contributed by atoms with Crippen LogP contribution in [0.25, 0.3) is 38.7 Å². The van der Waals surface area contributed by atoms with Gasteiger partial charge in [0, 0.05) is 72.9 Å². The minimum atomic E-state index is -1.22. The van der Waals surface area contributed by atoms with Gasteiger partial charge in [-0.25, -0.2) is 29.3 Å². The highest BCUT2D eigenvalue weighted by Crippen LogP contribution is 2.49. The van der Waals surface area contributed by atoms with E-state index in [2.05, 4.69) is 143 Å². The smallest absolute Gasteiger partial charge is 0.410 e. The Morgan fingerprint density at radius 1 is 0.557 bits per heavy atom. The predicted molar refractivity (Wildman–Crippen MR) is 452 cm³/mol. The van der Waals surface area contributed by atoms with E-state index in [-0.39, 0.29) is 37.5 Å². The molecule has 12 rings (SSSR count). The summed E-state index contributed by atoms with van der Waals surface area (Å²) in [5, 5.41) is 0. The first-order chi connectivity index (χ1) is 49.9. The van der Waals surface area contributed by atoms with Crippen LogP contribution in [0.5, 0.6) is 0 Å². The summed E-state index contributed by atoms with van der Waals surface area (Å²) in [6.07, 6.45) is 5.20. The molecule has 6 heterocycles. The van der Waals surface area contributed by atoms with Gasteiger partial charge in [-0.1, -0.05) is 206 Å². The van der Waals surface area contributed by atoms with Crippen molar-refractivity contribution < 1.29 is 33.3 Å². The Labute approximate surface area is 662 Å². The van der Waals surface area contributed by atoms with Gasteiger partial charge in [0.25, 0.3) is 0 Å². The molecule has 16 nitrogen and oxygen atoms in total. The van der Waals surface area contributed by atoms with Crippen molar-refractivity contribution >= 4 is 124 Å². The highest BCUT2D eigenvalue weighted by Gasteiger charge is 2.47. The first-order valence-corrected chi connectivity index (χ1v) is 43.6. The normalized spacial score (nSPS) is 15.0. The van der Waals surface area contributed by atoms with Gasteiger partial charge in [-0.15, -0.1) is 11.6 Å². The summed E-state index contributed by atoms with van der Waals surface area (Å²) in [5.41, 5.74) is 11.3. The van der Waals surface area contributed by atoms with E-state index in [0.717, 1.165) is 119 Å². The summed E-state index contributed by atoms with van der Waals surface area (Å²) in [5.74, 6) is 2.66. The van der Waals surface area contributed by atoms with Gasteiger partial charge in [0.15, 0.2) is 0 Å². The number of aromatic nitrogens is 6. The van der Waals surface area contributed by atoms with Gasteiger partial charge in [-0.3, -0.25) is 0 Å². The number of benzene rings is 6. The molecule has 2 N–H and O–H groups in total. The van der Waals surface area contributed by atoms with E-state index in [1.807, 2.05) is 195 Å². The molecule has 0 bridgehead atoms. The van der Waals surface area contributed by atoms with Crippen molar-refractivity contribution in [3.63, 3.8) is 0 Å². The molecule has 3 aromatic heterocycles. The molecule has 0 saturated carbocycles. The molecule has 3 aliphatic heterocycles. The molecule has 574 valence electrons. The van der Waals surface area contributed by atoms with Crippen molar-refractivity contribution in [2.75, 3.05) is 45.9 Å². The van der Waals surface area contributed by atoms with E-state index in [9.17, 15) is 14.4 Å². The van der Waals surface area contributed by atoms with Crippen molar-refractivity contribution in [3.05, 3.63) is 210 Å². The number of nitrogens with zero attached hydrogens (tertiary/aromatic N) is 7. The number of para-hydroxylation sites is 6. The first-order valence-electron chi connectivity index (χ1n) is 37.1. The molecule has 0 radical (unpaired) electrons. The maximum atomic E-state index is 12.8. The molecule has 3 amide bonds. The Morgan fingerprint density at radius 3 is 1.50 bits per heavy atom. The second-order valence-corrected chi connectivity index (χ2v) is 38.8. The van der Waals surface area contributed by atoms with Crippen molar-refractivity contribution in [2.45, 2.75) is 203 Å². The van der Waals surface area contributed by atoms with E-state index < -0.39 is 29.8 Å². The van der Waals surface area contributed by atoms with Crippen LogP contribution in [-0.4, -0.2) is 133 Å². The number of rotatable bonds is 13. The third kappa shape index (κ3) is 24.5. The number of imidazole rings is 3. The number of halogens is 4. The molecule has 2 fully saturated rings. The summed E-state index contributed by atoms with van der Waals surface area (Å²) in [4.78, 5) is 64.0. The maximum Gasteiger partial charge on any atom is 0.410 e. The third-order valence-corrected chi connectivity index (χ3v) is 21.4. The number of H-pyrrole nitrogens is 2. The zero-order valence-corrected chi connectivity index (χ0v) is 71.5. The van der Waals surface area contributed by atoms with Crippen LogP contribution in [0.3, 0.4) is 0 Å². The molecule has 3 aliphatic rings. The molecule has 6 aromatic carbocycles. The second-order valence-electron chi connectivity index (χ2n) is 29.8. The van der Waals surface area contributed by atoms with E-state index in [0.29, 0.717) is 52.6 Å². The summed E-state index contributed by atoms with van der Waals surface area (Å²) in [7, 11) is -1.22. The molecule has 0 spiro atoms. The number of aromatic amines is 2. The van der Waals surface area contributed by atoms with Crippen LogP contribution in [-0.2, 0) is 30.6 Å². The number of piperidine rings is 2. The van der Waals surface area contributed by atoms with Crippen LogP contribution >= 0.6 is 59.4 Å². The number of hydrogen-bond donors (Lipinski definition) is 2. The molecular weight excluding hydrogens is 1560 g/mol. The van der Waals surface area contributed by atoms with Gasteiger partial charge in [-0.2, -0.15) is 0 Å². The van der Waals surface area contributed by atoms with Gasteiger partial charge in [0.2, 0.25) is 0 Å². The van der Waals surface area contributed by atoms with E-state index in [4.69, 9.17) is 45.5 Å². The third-order valence-electron chi connectivity index (χ3n) is 17.5. The van der Waals surface area contributed by atoms with Crippen LogP contribution < -0.4 is 0 Å². The summed E-state index contributed by atoms with van der Waals surface area (Å²) in [6, 6.07) is 50.3. The summed E-state index contributed by atoms with van der Waals surface area (Å²) in [6.45, 7) is 40.8. The molecule has 2 atom stereocenters. The predicted octanol–water partition coefficient (Wildman–Crippen LogP) is 24.1. The number of likely N-dealkylation sites (tertiary alicyclic amines) is 2. The summed E-state index contributed by atoms with van der Waals surface area (Å²) >= 11 is 18.5. The van der Waals surface area contributed by atoms with E-state index >= 15 is 0 Å². The molecule has 2 unspecified atom stereocenters. The van der Waals surface area contributed by atoms with Crippen LogP contribution in [0, 0.1) is 5.92 Å². The molecule has 21 heteroatoms. The maximum absolute atomic E-state index is 12.8. The number of fused-ring (bicyclic) bond motifs is 3. The topological polar surface area (TPSA) is 173 Å². The average molecular weight is 1680 g/mol. The van der Waals surface area contributed by atoms with Gasteiger partial charge in [0.05, 0.1) is 39.0 Å². The fourth-order valence-electron chi connectivity index (χ4n) is 12.5. The standard InChI is InChI=1S/C30H41BrClN3O3Si.2C24H26BrN3O2.3C2H6.CH4/c1-29(2,3)38-28(36)34-17-15-23(16-18-34)30(32,22-11-13-24(31)14-12-22)27-33-25-9-7-8-10-26(25)35(27)21-37-19-20-39(4,5)6;2*1-24(2,3)30-23(29)28-14-12-17(13-15-28)21(16-8-10-18(25)11-9-16)22-26-19-6-4-5-7-20(19)27-22;3*1-2;/h7-14,23H,15-21H2,1-6H3;4-11H,12-15H2,1-3H3,(H,26,27);4-12,21H,13-15H2,1-3H3,(H,26,27);3*1-2H3;1H4. The fraction of sp³-hybridized carbons (Fsp3) is 0.459. The van der Waals surface area contributed by atoms with Gasteiger partial charge < -0.3 is 48.2 Å². The van der Waals surface area contributed by atoms with E-state index in [1.165, 1.54) is 16.7 Å². The number of hydrogen-bond acceptors (Lipinski definition) is 10. The van der Waals surface area contributed by atoms with Crippen molar-refractivity contribution in [1.29, 1.82) is 0 Å². The highest BCUT2D eigenvalue weighted by atomic mass is 79.9. The molecular formula is C85H115Br3ClN9O7Si. The Hall–Kier alpha value is -7.07. The number of ether oxygens (including phenoxy) is 4. The minimum Gasteiger partial charge on any atom is -0.444 e. The van der Waals surface area contributed by atoms with Crippen LogP contribution in [0.1, 0.15) is 183 Å². The zero-order chi connectivity index (χ0) is 77.0. The number of carbonyl (C=O) groups is 3. The SMILES string of the molecule is C.CC.CC.CC.CC(C)(C)OC(=O)N1CC=C(C(c2ccc(Br)cc2)c2nc3ccccc3[nH]2)CC1.CC(C)(C)OC(=O)N1CCC(=C(c2ccc(Br)cc2)c2nc3ccccc3[nH]2)CC1.CC(C)(C)OC(=O)N1CCC(C(Cl)(c2ccc(Br)cc2)c2nc3ccccc3n2COCC[Si](C)(C)C)CC1. The van der Waals surface area contributed by atoms with Crippen LogP contribution in [0.15, 0.2) is 176 Å². The van der Waals surface area contributed by atoms with Crippen LogP contribution in [0.4, 0.5) is 14.4 Å². The Kier molecular flexibility index (Phi) is 33.0. The molecule has 9 aromatic rings. The minimum absolute atomic E-state index is 0. The van der Waals surface area contributed by atoms with Crippen molar-refractivity contribution in [2.24, 2.45) is 5.92 Å². The fourth-order valence-corrected chi connectivity index (χ4v) is 14.6. The lowest BCUT2D eigenvalue weighted by Gasteiger charge is -2.41. The first kappa shape index (κ1) is 87.8. The number of carbonyl (C=O) groups excluding carboxylic acids is 3. The molecule has 2 saturated heterocycles. The number of amides is 3. The largest absolute Gasteiger partial charge is 0.444 e. The monoisotopic (exact) mass is 1670 g/mol. The Balaban J connectivity index is 0.000000242. The van der Waals surface area contributed by atoms with Gasteiger partial charge in [0.1, 0.15) is 45.9 Å². The molecule has 106 heavy (non-hydrogen) atoms. The molecule has 0 aliphatic carbocycles. The Bertz CT molecular complexity index is 4250. The van der Waals surface area contributed by atoms with E-state index in [1.54, 1.807) is 14.7 Å². The second kappa shape index (κ2) is 39.9. The lowest BCUT2D eigenvalue weighted by molar-refractivity contribution is 0.0166. The average Bonchev–Trinajstić information content (AvgIpc) is 1.57. The van der Waals surface area contributed by atoms with Gasteiger partial charge in [-0.05, 0) is 196 Å². The number of alkyl halides is 1. The quantitative estimate of drug-likeness (QED) is 0.0372. The van der Waals surface area contributed by atoms with Crippen molar-refractivity contribution in [3.8, 4) is 0 Å².